The van der Waals surface area contributed by atoms with E-state index in [-0.39, 0.29) is 35.0 Å². The highest BCUT2D eigenvalue weighted by molar-refractivity contribution is 5.77. The van der Waals surface area contributed by atoms with E-state index in [9.17, 15) is 13.6 Å². The Bertz CT molecular complexity index is 907. The molecule has 2 aliphatic heterocycles. The molecule has 1 aliphatic carbocycles. The van der Waals surface area contributed by atoms with Gasteiger partial charge in [-0.2, -0.15) is 0 Å². The number of carbonyl (C=O) groups excluding carboxylic acids is 1. The minimum Gasteiger partial charge on any atom is -0.337 e. The normalized spacial score (nSPS) is 27.6. The Morgan fingerprint density at radius 2 is 1.85 bits per heavy atom. The molecule has 1 amide bonds. The van der Waals surface area contributed by atoms with Crippen molar-refractivity contribution in [2.45, 2.75) is 58.5 Å². The first-order valence-corrected chi connectivity index (χ1v) is 12.8. The second-order valence-corrected chi connectivity index (χ2v) is 10.9. The molecule has 3 aliphatic rings. The molecule has 2 heterocycles. The number of hydrogen-bond acceptors (Lipinski definition) is 3. The summed E-state index contributed by atoms with van der Waals surface area (Å²) in [5.74, 6) is 0.604. The van der Waals surface area contributed by atoms with Crippen molar-refractivity contribution in [2.75, 3.05) is 32.7 Å². The molecule has 0 aromatic heterocycles. The molecular formula is C28H39F2N3O. The van der Waals surface area contributed by atoms with Crippen LogP contribution in [0.15, 0.2) is 48.3 Å². The first kappa shape index (κ1) is 25.1. The van der Waals surface area contributed by atoms with Gasteiger partial charge in [0.05, 0.1) is 0 Å². The fraction of sp³-hybridized carbons (Fsp3) is 0.607. The highest BCUT2D eigenvalue weighted by Gasteiger charge is 2.42. The maximum Gasteiger partial charge on any atom is 0.223 e. The number of rotatable bonds is 6. The summed E-state index contributed by atoms with van der Waals surface area (Å²) in [5, 5.41) is 3.38. The molecule has 0 bridgehead atoms. The number of nitrogens with zero attached hydrogens (tertiary/aromatic N) is 2. The molecule has 4 nitrogen and oxygen atoms in total. The Labute approximate surface area is 203 Å². The topological polar surface area (TPSA) is 35.6 Å². The lowest BCUT2D eigenvalue weighted by atomic mass is 9.72. The van der Waals surface area contributed by atoms with E-state index < -0.39 is 0 Å². The predicted molar refractivity (Wildman–Crippen MR) is 132 cm³/mol. The summed E-state index contributed by atoms with van der Waals surface area (Å²) in [4.78, 5) is 17.9. The lowest BCUT2D eigenvalue weighted by Gasteiger charge is -2.50. The number of piperazine rings is 1. The van der Waals surface area contributed by atoms with Crippen LogP contribution in [-0.4, -0.2) is 54.5 Å². The average molecular weight is 472 g/mol. The van der Waals surface area contributed by atoms with Crippen molar-refractivity contribution in [3.05, 3.63) is 59.7 Å². The number of nitrogens with one attached hydrogen (secondary N) is 1. The second-order valence-electron chi connectivity index (χ2n) is 10.9. The number of carbonyl (C=O) groups is 1. The van der Waals surface area contributed by atoms with Crippen LogP contribution < -0.4 is 5.32 Å². The van der Waals surface area contributed by atoms with Crippen LogP contribution in [0.3, 0.4) is 0 Å². The third-order valence-corrected chi connectivity index (χ3v) is 8.00. The van der Waals surface area contributed by atoms with E-state index in [1.807, 2.05) is 18.2 Å². The molecule has 0 saturated carbocycles. The van der Waals surface area contributed by atoms with Crippen LogP contribution in [0.4, 0.5) is 8.78 Å². The van der Waals surface area contributed by atoms with Gasteiger partial charge in [-0.15, -0.1) is 0 Å². The van der Waals surface area contributed by atoms with Crippen molar-refractivity contribution in [1.82, 2.24) is 15.1 Å². The minimum atomic E-state index is -0.323. The SMILES string of the molecule is CC(C)C1CN(C(c2ccc(F)cc2)C2(C)C=CC(F)=CC2)CCN1C(=O)CC1CCNCC1. The van der Waals surface area contributed by atoms with E-state index >= 15 is 0 Å². The zero-order valence-electron chi connectivity index (χ0n) is 20.8. The Kier molecular flexibility index (Phi) is 7.88. The fourth-order valence-corrected chi connectivity index (χ4v) is 5.98. The van der Waals surface area contributed by atoms with Crippen LogP contribution in [0, 0.1) is 23.1 Å². The lowest BCUT2D eigenvalue weighted by Crippen LogP contribution is -2.59. The highest BCUT2D eigenvalue weighted by atomic mass is 19.1. The summed E-state index contributed by atoms with van der Waals surface area (Å²) in [6, 6.07) is 6.81. The van der Waals surface area contributed by atoms with Gasteiger partial charge in [0.2, 0.25) is 5.91 Å². The summed E-state index contributed by atoms with van der Waals surface area (Å²) in [7, 11) is 0. The molecule has 1 aromatic carbocycles. The summed E-state index contributed by atoms with van der Waals surface area (Å²) in [6.45, 7) is 10.7. The Morgan fingerprint density at radius 1 is 1.15 bits per heavy atom. The van der Waals surface area contributed by atoms with Gasteiger partial charge in [0.25, 0.3) is 0 Å². The third kappa shape index (κ3) is 5.60. The first-order valence-electron chi connectivity index (χ1n) is 12.8. The zero-order chi connectivity index (χ0) is 24.3. The molecule has 0 spiro atoms. The van der Waals surface area contributed by atoms with Gasteiger partial charge in [0.15, 0.2) is 0 Å². The van der Waals surface area contributed by atoms with Gasteiger partial charge >= 0.3 is 0 Å². The van der Waals surface area contributed by atoms with E-state index in [1.54, 1.807) is 12.2 Å². The molecule has 1 N–H and O–H groups in total. The molecule has 2 fully saturated rings. The molecule has 1 aromatic rings. The standard InChI is InChI=1S/C28H39F2N3O/c1-20(2)25-19-32(16-17-33(25)26(34)18-21-10-14-31-15-11-21)27(22-4-6-23(29)7-5-22)28(3)12-8-24(30)9-13-28/h4-9,12,20-21,25,27,31H,10-11,13-19H2,1-3H3. The van der Waals surface area contributed by atoms with Crippen molar-refractivity contribution in [3.63, 3.8) is 0 Å². The number of halogens is 2. The third-order valence-electron chi connectivity index (χ3n) is 8.00. The summed E-state index contributed by atoms with van der Waals surface area (Å²) in [5.41, 5.74) is 0.706. The largest absolute Gasteiger partial charge is 0.337 e. The van der Waals surface area contributed by atoms with Gasteiger partial charge < -0.3 is 10.2 Å². The van der Waals surface area contributed by atoms with Crippen molar-refractivity contribution in [3.8, 4) is 0 Å². The van der Waals surface area contributed by atoms with Gasteiger partial charge in [0, 0.05) is 43.6 Å². The second kappa shape index (κ2) is 10.7. The van der Waals surface area contributed by atoms with E-state index in [2.05, 4.69) is 35.9 Å². The van der Waals surface area contributed by atoms with Crippen LogP contribution >= 0.6 is 0 Å². The molecular weight excluding hydrogens is 432 g/mol. The molecule has 0 radical (unpaired) electrons. The predicted octanol–water partition coefficient (Wildman–Crippen LogP) is 5.24. The molecule has 186 valence electrons. The maximum atomic E-state index is 13.9. The van der Waals surface area contributed by atoms with Gasteiger partial charge in [0.1, 0.15) is 11.6 Å². The Balaban J connectivity index is 1.56. The van der Waals surface area contributed by atoms with Crippen LogP contribution in [0.2, 0.25) is 0 Å². The van der Waals surface area contributed by atoms with Crippen molar-refractivity contribution >= 4 is 5.91 Å². The van der Waals surface area contributed by atoms with Crippen LogP contribution in [-0.2, 0) is 4.79 Å². The van der Waals surface area contributed by atoms with Gasteiger partial charge in [-0.3, -0.25) is 9.69 Å². The van der Waals surface area contributed by atoms with Crippen LogP contribution in [0.1, 0.15) is 58.1 Å². The summed E-state index contributed by atoms with van der Waals surface area (Å²) in [6.07, 6.45) is 8.53. The molecule has 34 heavy (non-hydrogen) atoms. The fourth-order valence-electron chi connectivity index (χ4n) is 5.98. The van der Waals surface area contributed by atoms with Crippen molar-refractivity contribution < 1.29 is 13.6 Å². The number of piperidine rings is 1. The van der Waals surface area contributed by atoms with Crippen LogP contribution in [0.25, 0.3) is 0 Å². The van der Waals surface area contributed by atoms with Crippen LogP contribution in [0.5, 0.6) is 0 Å². The Morgan fingerprint density at radius 3 is 2.47 bits per heavy atom. The zero-order valence-corrected chi connectivity index (χ0v) is 20.8. The number of allylic oxidation sites excluding steroid dienone is 3. The monoisotopic (exact) mass is 471 g/mol. The molecule has 3 unspecified atom stereocenters. The van der Waals surface area contributed by atoms with Crippen molar-refractivity contribution in [2.24, 2.45) is 17.3 Å². The molecule has 2 saturated heterocycles. The van der Waals surface area contributed by atoms with Gasteiger partial charge in [-0.05, 0) is 74.0 Å². The van der Waals surface area contributed by atoms with Gasteiger partial charge in [-0.1, -0.05) is 39.0 Å². The highest BCUT2D eigenvalue weighted by Crippen LogP contribution is 2.46. The van der Waals surface area contributed by atoms with E-state index in [0.29, 0.717) is 31.2 Å². The number of benzene rings is 1. The van der Waals surface area contributed by atoms with E-state index in [4.69, 9.17) is 0 Å². The van der Waals surface area contributed by atoms with E-state index in [1.165, 1.54) is 12.1 Å². The van der Waals surface area contributed by atoms with Gasteiger partial charge in [-0.25, -0.2) is 8.78 Å². The number of hydrogen-bond donors (Lipinski definition) is 1. The molecule has 4 rings (SSSR count). The van der Waals surface area contributed by atoms with Crippen molar-refractivity contribution in [1.29, 1.82) is 0 Å². The molecule has 6 heteroatoms. The molecule has 3 atom stereocenters. The Hall–Kier alpha value is -2.05. The lowest BCUT2D eigenvalue weighted by molar-refractivity contribution is -0.140. The minimum absolute atomic E-state index is 0.0309. The van der Waals surface area contributed by atoms with E-state index in [0.717, 1.165) is 44.6 Å². The maximum absolute atomic E-state index is 13.9. The first-order chi connectivity index (χ1) is 16.3. The number of amides is 1. The summed E-state index contributed by atoms with van der Waals surface area (Å²) < 4.78 is 27.6. The smallest absolute Gasteiger partial charge is 0.223 e. The average Bonchev–Trinajstić information content (AvgIpc) is 2.83. The summed E-state index contributed by atoms with van der Waals surface area (Å²) >= 11 is 0. The quantitative estimate of drug-likeness (QED) is 0.616.